The van der Waals surface area contributed by atoms with Gasteiger partial charge in [-0.3, -0.25) is 0 Å². The van der Waals surface area contributed by atoms with Crippen molar-refractivity contribution in [2.45, 2.75) is 0 Å². The Morgan fingerprint density at radius 2 is 1.90 bits per heavy atom. The first-order chi connectivity index (χ1) is 10.1. The van der Waals surface area contributed by atoms with Gasteiger partial charge >= 0.3 is 0 Å². The van der Waals surface area contributed by atoms with Crippen molar-refractivity contribution in [3.8, 4) is 11.6 Å². The standard InChI is InChI=1S/C16H16N4O/c1-20(2)12-4-3-5-13(9-12)21-16-14-8-11(17)6-7-15(14)18-10-19-16/h3-10H,17H2,1-2H3. The number of anilines is 2. The first-order valence-electron chi connectivity index (χ1n) is 6.59. The molecule has 1 heterocycles. The average Bonchev–Trinajstić information content (AvgIpc) is 2.48. The smallest absolute Gasteiger partial charge is 0.230 e. The highest BCUT2D eigenvalue weighted by molar-refractivity contribution is 5.86. The molecule has 0 saturated carbocycles. The van der Waals surface area contributed by atoms with E-state index in [0.29, 0.717) is 11.6 Å². The number of hydrogen-bond acceptors (Lipinski definition) is 5. The van der Waals surface area contributed by atoms with Crippen molar-refractivity contribution >= 4 is 22.3 Å². The van der Waals surface area contributed by atoms with E-state index in [1.54, 1.807) is 0 Å². The molecule has 2 aromatic carbocycles. The fourth-order valence-electron chi connectivity index (χ4n) is 2.07. The van der Waals surface area contributed by atoms with Gasteiger partial charge in [-0.2, -0.15) is 0 Å². The van der Waals surface area contributed by atoms with E-state index in [1.807, 2.05) is 61.5 Å². The number of rotatable bonds is 3. The highest BCUT2D eigenvalue weighted by atomic mass is 16.5. The predicted octanol–water partition coefficient (Wildman–Crippen LogP) is 3.07. The SMILES string of the molecule is CN(C)c1cccc(Oc2ncnc3ccc(N)cc23)c1. The summed E-state index contributed by atoms with van der Waals surface area (Å²) in [6, 6.07) is 13.3. The van der Waals surface area contributed by atoms with Crippen LogP contribution in [-0.4, -0.2) is 24.1 Å². The van der Waals surface area contributed by atoms with Crippen LogP contribution in [0.1, 0.15) is 0 Å². The van der Waals surface area contributed by atoms with E-state index in [0.717, 1.165) is 22.3 Å². The van der Waals surface area contributed by atoms with E-state index in [9.17, 15) is 0 Å². The monoisotopic (exact) mass is 280 g/mol. The number of aromatic nitrogens is 2. The van der Waals surface area contributed by atoms with Crippen molar-refractivity contribution in [2.75, 3.05) is 24.7 Å². The molecular formula is C16H16N4O. The van der Waals surface area contributed by atoms with Crippen LogP contribution in [0.4, 0.5) is 11.4 Å². The van der Waals surface area contributed by atoms with Gasteiger partial charge in [0.1, 0.15) is 12.1 Å². The van der Waals surface area contributed by atoms with Gasteiger partial charge in [0.25, 0.3) is 0 Å². The molecule has 0 aliphatic carbocycles. The van der Waals surface area contributed by atoms with Crippen LogP contribution in [0.3, 0.4) is 0 Å². The van der Waals surface area contributed by atoms with Gasteiger partial charge in [-0.05, 0) is 30.3 Å². The number of fused-ring (bicyclic) bond motifs is 1. The van der Waals surface area contributed by atoms with E-state index >= 15 is 0 Å². The molecular weight excluding hydrogens is 264 g/mol. The van der Waals surface area contributed by atoms with Gasteiger partial charge < -0.3 is 15.4 Å². The van der Waals surface area contributed by atoms with Crippen molar-refractivity contribution in [3.05, 3.63) is 48.8 Å². The summed E-state index contributed by atoms with van der Waals surface area (Å²) in [7, 11) is 3.97. The molecule has 1 aromatic heterocycles. The number of nitrogens with two attached hydrogens (primary N) is 1. The summed E-state index contributed by atoms with van der Waals surface area (Å²) in [6.07, 6.45) is 1.49. The fourth-order valence-corrected chi connectivity index (χ4v) is 2.07. The highest BCUT2D eigenvalue weighted by Gasteiger charge is 2.07. The zero-order valence-corrected chi connectivity index (χ0v) is 11.9. The number of nitrogens with zero attached hydrogens (tertiary/aromatic N) is 3. The molecule has 0 saturated heterocycles. The van der Waals surface area contributed by atoms with Crippen LogP contribution in [0.5, 0.6) is 11.6 Å². The average molecular weight is 280 g/mol. The third-order valence-electron chi connectivity index (χ3n) is 3.17. The van der Waals surface area contributed by atoms with Gasteiger partial charge in [-0.25, -0.2) is 9.97 Å². The fraction of sp³-hybridized carbons (Fsp3) is 0.125. The van der Waals surface area contributed by atoms with Crippen LogP contribution >= 0.6 is 0 Å². The molecule has 5 nitrogen and oxygen atoms in total. The van der Waals surface area contributed by atoms with E-state index in [-0.39, 0.29) is 0 Å². The summed E-state index contributed by atoms with van der Waals surface area (Å²) in [4.78, 5) is 10.4. The van der Waals surface area contributed by atoms with Gasteiger partial charge in [-0.1, -0.05) is 6.07 Å². The Morgan fingerprint density at radius 1 is 1.05 bits per heavy atom. The number of hydrogen-bond donors (Lipinski definition) is 1. The first kappa shape index (κ1) is 13.2. The molecule has 0 radical (unpaired) electrons. The molecule has 0 unspecified atom stereocenters. The lowest BCUT2D eigenvalue weighted by atomic mass is 10.2. The van der Waals surface area contributed by atoms with Gasteiger partial charge in [0, 0.05) is 31.5 Å². The molecule has 0 amide bonds. The molecule has 3 aromatic rings. The molecule has 106 valence electrons. The molecule has 3 rings (SSSR count). The summed E-state index contributed by atoms with van der Waals surface area (Å²) in [6.45, 7) is 0. The van der Waals surface area contributed by atoms with Gasteiger partial charge in [0.15, 0.2) is 0 Å². The third-order valence-corrected chi connectivity index (χ3v) is 3.17. The number of nitrogen functional groups attached to an aromatic ring is 1. The molecule has 0 spiro atoms. The van der Waals surface area contributed by atoms with Gasteiger partial charge in [-0.15, -0.1) is 0 Å². The summed E-state index contributed by atoms with van der Waals surface area (Å²) in [5.74, 6) is 1.23. The second kappa shape index (κ2) is 5.28. The Morgan fingerprint density at radius 3 is 2.71 bits per heavy atom. The first-order valence-corrected chi connectivity index (χ1v) is 6.59. The summed E-state index contributed by atoms with van der Waals surface area (Å²) in [5.41, 5.74) is 8.35. The maximum atomic E-state index is 5.90. The molecule has 0 bridgehead atoms. The Labute approximate surface area is 123 Å². The molecule has 0 atom stereocenters. The van der Waals surface area contributed by atoms with Crippen molar-refractivity contribution in [1.82, 2.24) is 9.97 Å². The van der Waals surface area contributed by atoms with Crippen molar-refractivity contribution in [2.24, 2.45) is 0 Å². The zero-order chi connectivity index (χ0) is 14.8. The lowest BCUT2D eigenvalue weighted by Gasteiger charge is -2.14. The maximum absolute atomic E-state index is 5.90. The Bertz CT molecular complexity index is 786. The van der Waals surface area contributed by atoms with Crippen molar-refractivity contribution in [3.63, 3.8) is 0 Å². The highest BCUT2D eigenvalue weighted by Crippen LogP contribution is 2.29. The largest absolute Gasteiger partial charge is 0.438 e. The minimum absolute atomic E-state index is 0.503. The number of ether oxygens (including phenoxy) is 1. The molecule has 21 heavy (non-hydrogen) atoms. The van der Waals surface area contributed by atoms with Crippen molar-refractivity contribution < 1.29 is 4.74 Å². The minimum Gasteiger partial charge on any atom is -0.438 e. The Kier molecular flexibility index (Phi) is 3.31. The Balaban J connectivity index is 2.02. The molecule has 0 aliphatic rings. The maximum Gasteiger partial charge on any atom is 0.230 e. The normalized spacial score (nSPS) is 10.6. The third kappa shape index (κ3) is 2.72. The van der Waals surface area contributed by atoms with Crippen LogP contribution in [0.15, 0.2) is 48.8 Å². The second-order valence-electron chi connectivity index (χ2n) is 4.95. The second-order valence-corrected chi connectivity index (χ2v) is 4.95. The quantitative estimate of drug-likeness (QED) is 0.747. The van der Waals surface area contributed by atoms with E-state index in [1.165, 1.54) is 6.33 Å². The predicted molar refractivity (Wildman–Crippen MR) is 84.8 cm³/mol. The van der Waals surface area contributed by atoms with Crippen LogP contribution < -0.4 is 15.4 Å². The van der Waals surface area contributed by atoms with Crippen LogP contribution in [0, 0.1) is 0 Å². The lowest BCUT2D eigenvalue weighted by molar-refractivity contribution is 0.468. The van der Waals surface area contributed by atoms with E-state index < -0.39 is 0 Å². The lowest BCUT2D eigenvalue weighted by Crippen LogP contribution is -2.08. The topological polar surface area (TPSA) is 64.3 Å². The van der Waals surface area contributed by atoms with Crippen LogP contribution in [0.25, 0.3) is 10.9 Å². The van der Waals surface area contributed by atoms with Gasteiger partial charge in [0.2, 0.25) is 5.88 Å². The molecule has 2 N–H and O–H groups in total. The molecule has 0 fully saturated rings. The molecule has 5 heteroatoms. The summed E-state index contributed by atoms with van der Waals surface area (Å²) < 4.78 is 5.90. The molecule has 0 aliphatic heterocycles. The zero-order valence-electron chi connectivity index (χ0n) is 11.9. The van der Waals surface area contributed by atoms with Crippen molar-refractivity contribution in [1.29, 1.82) is 0 Å². The summed E-state index contributed by atoms with van der Waals surface area (Å²) in [5, 5.41) is 0.799. The van der Waals surface area contributed by atoms with Gasteiger partial charge in [0.05, 0.1) is 10.9 Å². The van der Waals surface area contributed by atoms with Crippen LogP contribution in [0.2, 0.25) is 0 Å². The van der Waals surface area contributed by atoms with E-state index in [2.05, 4.69) is 9.97 Å². The van der Waals surface area contributed by atoms with Crippen LogP contribution in [-0.2, 0) is 0 Å². The Hall–Kier alpha value is -2.82. The minimum atomic E-state index is 0.503. The number of benzene rings is 2. The summed E-state index contributed by atoms with van der Waals surface area (Å²) >= 11 is 0. The van der Waals surface area contributed by atoms with E-state index in [4.69, 9.17) is 10.5 Å².